The van der Waals surface area contributed by atoms with Gasteiger partial charge in [0.15, 0.2) is 0 Å². The fourth-order valence-corrected chi connectivity index (χ4v) is 1.90. The molecule has 2 rings (SSSR count). The fourth-order valence-electron chi connectivity index (χ4n) is 1.90. The topological polar surface area (TPSA) is 59.4 Å². The molecule has 0 fully saturated rings. The lowest BCUT2D eigenvalue weighted by Gasteiger charge is -2.25. The zero-order valence-corrected chi connectivity index (χ0v) is 9.41. The zero-order chi connectivity index (χ0) is 12.3. The van der Waals surface area contributed by atoms with E-state index in [1.165, 1.54) is 7.11 Å². The van der Waals surface area contributed by atoms with Crippen LogP contribution in [0.4, 0.5) is 0 Å². The lowest BCUT2D eigenvalue weighted by atomic mass is 9.85. The average molecular weight is 231 g/mol. The Hall–Kier alpha value is -1.94. The van der Waals surface area contributed by atoms with Gasteiger partial charge in [0, 0.05) is 12.4 Å². The third-order valence-electron chi connectivity index (χ3n) is 2.81. The first kappa shape index (κ1) is 11.5. The molecular weight excluding hydrogens is 218 g/mol. The molecule has 0 bridgehead atoms. The van der Waals surface area contributed by atoms with Crippen molar-refractivity contribution in [3.8, 4) is 0 Å². The van der Waals surface area contributed by atoms with Crippen LogP contribution in [0.5, 0.6) is 0 Å². The fraction of sp³-hybridized carbons (Fsp3) is 0.231. The number of pyridine rings is 1. The molecule has 2 unspecified atom stereocenters. The number of carbonyl (C=O) groups excluding carboxylic acids is 1. The normalized spacial score (nSPS) is 23.6. The second kappa shape index (κ2) is 4.93. The Labute approximate surface area is 99.3 Å². The molecule has 0 amide bonds. The molecule has 0 aliphatic heterocycles. The number of methoxy groups -OCH3 is 1. The van der Waals surface area contributed by atoms with E-state index in [9.17, 15) is 9.90 Å². The van der Waals surface area contributed by atoms with Gasteiger partial charge in [0.1, 0.15) is 18.1 Å². The van der Waals surface area contributed by atoms with Crippen molar-refractivity contribution in [2.45, 2.75) is 6.10 Å². The summed E-state index contributed by atoms with van der Waals surface area (Å²) in [6, 6.07) is 3.61. The minimum atomic E-state index is -0.925. The highest BCUT2D eigenvalue weighted by Crippen LogP contribution is 2.31. The SMILES string of the molecule is COC1=CC=C(c2ccncc2)C(C=O)C1O. The lowest BCUT2D eigenvalue weighted by Crippen LogP contribution is -2.28. The summed E-state index contributed by atoms with van der Waals surface area (Å²) in [4.78, 5) is 15.0. The first-order valence-corrected chi connectivity index (χ1v) is 5.27. The van der Waals surface area contributed by atoms with Crippen LogP contribution >= 0.6 is 0 Å². The highest BCUT2D eigenvalue weighted by Gasteiger charge is 2.30. The number of hydrogen-bond donors (Lipinski definition) is 1. The third kappa shape index (κ3) is 2.12. The summed E-state index contributed by atoms with van der Waals surface area (Å²) in [5, 5.41) is 9.98. The summed E-state index contributed by atoms with van der Waals surface area (Å²) in [7, 11) is 1.47. The number of aliphatic hydroxyl groups excluding tert-OH is 1. The quantitative estimate of drug-likeness (QED) is 0.794. The number of aromatic nitrogens is 1. The molecule has 1 aromatic heterocycles. The molecule has 1 aromatic rings. The molecule has 0 saturated heterocycles. The van der Waals surface area contributed by atoms with Crippen molar-refractivity contribution in [2.75, 3.05) is 7.11 Å². The van der Waals surface area contributed by atoms with Gasteiger partial charge in [-0.2, -0.15) is 0 Å². The van der Waals surface area contributed by atoms with Gasteiger partial charge in [0.25, 0.3) is 0 Å². The molecule has 1 aliphatic carbocycles. The van der Waals surface area contributed by atoms with E-state index in [4.69, 9.17) is 4.74 Å². The number of nitrogens with zero attached hydrogens (tertiary/aromatic N) is 1. The van der Waals surface area contributed by atoms with Crippen molar-refractivity contribution in [3.05, 3.63) is 48.0 Å². The number of rotatable bonds is 3. The first-order chi connectivity index (χ1) is 8.27. The van der Waals surface area contributed by atoms with Crippen LogP contribution in [0.2, 0.25) is 0 Å². The third-order valence-corrected chi connectivity index (χ3v) is 2.81. The molecule has 0 aromatic carbocycles. The van der Waals surface area contributed by atoms with E-state index in [2.05, 4.69) is 4.98 Å². The molecule has 1 N–H and O–H groups in total. The van der Waals surface area contributed by atoms with Gasteiger partial charge in [-0.25, -0.2) is 0 Å². The van der Waals surface area contributed by atoms with E-state index in [1.54, 1.807) is 36.7 Å². The second-order valence-electron chi connectivity index (χ2n) is 3.74. The standard InChI is InChI=1S/C13H13NO3/c1-17-12-3-2-10(11(8-15)13(12)16)9-4-6-14-7-5-9/h2-8,11,13,16H,1H3. The summed E-state index contributed by atoms with van der Waals surface area (Å²) in [6.07, 6.45) is 6.59. The number of aliphatic hydroxyl groups is 1. The molecule has 4 heteroatoms. The van der Waals surface area contributed by atoms with E-state index >= 15 is 0 Å². The predicted octanol–water partition coefficient (Wildman–Crippen LogP) is 1.18. The Kier molecular flexibility index (Phi) is 3.35. The minimum absolute atomic E-state index is 0.403. The van der Waals surface area contributed by atoms with Gasteiger partial charge in [-0.3, -0.25) is 4.98 Å². The maximum absolute atomic E-state index is 11.1. The Morgan fingerprint density at radius 3 is 2.65 bits per heavy atom. The van der Waals surface area contributed by atoms with Gasteiger partial charge in [-0.05, 0) is 29.3 Å². The van der Waals surface area contributed by atoms with Gasteiger partial charge < -0.3 is 14.6 Å². The van der Waals surface area contributed by atoms with Crippen LogP contribution in [-0.2, 0) is 9.53 Å². The van der Waals surface area contributed by atoms with Gasteiger partial charge in [0.2, 0.25) is 0 Å². The van der Waals surface area contributed by atoms with Crippen molar-refractivity contribution in [1.82, 2.24) is 4.98 Å². The van der Waals surface area contributed by atoms with Gasteiger partial charge in [-0.15, -0.1) is 0 Å². The number of carbonyl (C=O) groups is 1. The Bertz CT molecular complexity index is 465. The van der Waals surface area contributed by atoms with Crippen LogP contribution < -0.4 is 0 Å². The smallest absolute Gasteiger partial charge is 0.130 e. The molecule has 4 nitrogen and oxygen atoms in total. The second-order valence-corrected chi connectivity index (χ2v) is 3.74. The van der Waals surface area contributed by atoms with Crippen LogP contribution in [0.25, 0.3) is 5.57 Å². The van der Waals surface area contributed by atoms with Crippen molar-refractivity contribution in [1.29, 1.82) is 0 Å². The van der Waals surface area contributed by atoms with Crippen LogP contribution in [-0.4, -0.2) is 29.6 Å². The van der Waals surface area contributed by atoms with Gasteiger partial charge in [0.05, 0.1) is 13.0 Å². The Morgan fingerprint density at radius 1 is 1.35 bits per heavy atom. The highest BCUT2D eigenvalue weighted by molar-refractivity contribution is 5.83. The molecule has 0 spiro atoms. The van der Waals surface area contributed by atoms with Gasteiger partial charge in [-0.1, -0.05) is 6.08 Å². The summed E-state index contributed by atoms with van der Waals surface area (Å²) >= 11 is 0. The van der Waals surface area contributed by atoms with E-state index in [1.807, 2.05) is 0 Å². The number of hydrogen-bond acceptors (Lipinski definition) is 4. The van der Waals surface area contributed by atoms with Crippen LogP contribution in [0.1, 0.15) is 5.56 Å². The Morgan fingerprint density at radius 2 is 2.06 bits per heavy atom. The molecular formula is C13H13NO3. The average Bonchev–Trinajstić information content (AvgIpc) is 2.39. The maximum atomic E-state index is 11.1. The largest absolute Gasteiger partial charge is 0.498 e. The zero-order valence-electron chi connectivity index (χ0n) is 9.41. The lowest BCUT2D eigenvalue weighted by molar-refractivity contribution is -0.112. The monoisotopic (exact) mass is 231 g/mol. The predicted molar refractivity (Wildman–Crippen MR) is 62.9 cm³/mol. The van der Waals surface area contributed by atoms with Crippen LogP contribution in [0.15, 0.2) is 42.4 Å². The molecule has 17 heavy (non-hydrogen) atoms. The van der Waals surface area contributed by atoms with Crippen molar-refractivity contribution in [3.63, 3.8) is 0 Å². The van der Waals surface area contributed by atoms with Crippen molar-refractivity contribution in [2.24, 2.45) is 5.92 Å². The number of allylic oxidation sites excluding steroid dienone is 2. The van der Waals surface area contributed by atoms with E-state index < -0.39 is 12.0 Å². The van der Waals surface area contributed by atoms with E-state index in [0.29, 0.717) is 5.76 Å². The molecule has 0 saturated carbocycles. The molecule has 88 valence electrons. The summed E-state index contributed by atoms with van der Waals surface area (Å²) in [5.41, 5.74) is 1.65. The Balaban J connectivity index is 2.42. The minimum Gasteiger partial charge on any atom is -0.498 e. The molecule has 1 heterocycles. The molecule has 0 radical (unpaired) electrons. The molecule has 2 atom stereocenters. The van der Waals surface area contributed by atoms with E-state index in [0.717, 1.165) is 17.4 Å². The van der Waals surface area contributed by atoms with Crippen LogP contribution in [0.3, 0.4) is 0 Å². The van der Waals surface area contributed by atoms with Crippen molar-refractivity contribution >= 4 is 11.9 Å². The number of ether oxygens (including phenoxy) is 1. The molecule has 1 aliphatic rings. The summed E-state index contributed by atoms with van der Waals surface area (Å²) in [6.45, 7) is 0. The van der Waals surface area contributed by atoms with Crippen LogP contribution in [0, 0.1) is 5.92 Å². The summed E-state index contributed by atoms with van der Waals surface area (Å²) in [5.74, 6) is -0.197. The maximum Gasteiger partial charge on any atom is 0.130 e. The first-order valence-electron chi connectivity index (χ1n) is 5.27. The summed E-state index contributed by atoms with van der Waals surface area (Å²) < 4.78 is 5.01. The highest BCUT2D eigenvalue weighted by atomic mass is 16.5. The van der Waals surface area contributed by atoms with E-state index in [-0.39, 0.29) is 0 Å². The number of aldehydes is 1. The van der Waals surface area contributed by atoms with Crippen molar-refractivity contribution < 1.29 is 14.6 Å². The van der Waals surface area contributed by atoms with Gasteiger partial charge >= 0.3 is 0 Å².